The normalized spacial score (nSPS) is 18.7. The molecule has 5 heteroatoms. The van der Waals surface area contributed by atoms with Crippen molar-refractivity contribution in [2.24, 2.45) is 0 Å². The average molecular weight is 319 g/mol. The molecule has 0 aliphatic heterocycles. The average Bonchev–Trinajstić information content (AvgIpc) is 2.81. The van der Waals surface area contributed by atoms with Crippen molar-refractivity contribution in [2.75, 3.05) is 0 Å². The number of amides is 1. The largest absolute Gasteiger partial charge is 0.479 e. The third kappa shape index (κ3) is 5.36. The van der Waals surface area contributed by atoms with Crippen molar-refractivity contribution < 1.29 is 19.4 Å². The molecular weight excluding hydrogens is 294 g/mol. The van der Waals surface area contributed by atoms with E-state index in [0.29, 0.717) is 5.56 Å². The summed E-state index contributed by atoms with van der Waals surface area (Å²) in [5, 5.41) is 11.9. The highest BCUT2D eigenvalue weighted by Crippen LogP contribution is 2.21. The van der Waals surface area contributed by atoms with Gasteiger partial charge in [-0.1, -0.05) is 56.0 Å². The Bertz CT molecular complexity index is 509. The molecule has 0 bridgehead atoms. The Hall–Kier alpha value is -1.88. The molecule has 1 fully saturated rings. The van der Waals surface area contributed by atoms with Gasteiger partial charge in [0.05, 0.1) is 6.10 Å². The predicted molar refractivity (Wildman–Crippen MR) is 87.0 cm³/mol. The number of benzene rings is 1. The highest BCUT2D eigenvalue weighted by Gasteiger charge is 2.26. The summed E-state index contributed by atoms with van der Waals surface area (Å²) in [7, 11) is 0. The number of carbonyl (C=O) groups is 2. The molecule has 0 heterocycles. The fourth-order valence-electron chi connectivity index (χ4n) is 2.92. The van der Waals surface area contributed by atoms with Gasteiger partial charge in [-0.25, -0.2) is 4.79 Å². The summed E-state index contributed by atoms with van der Waals surface area (Å²) < 4.78 is 5.84. The molecule has 0 saturated heterocycles. The first kappa shape index (κ1) is 17.5. The molecule has 23 heavy (non-hydrogen) atoms. The number of ether oxygens (including phenoxy) is 1. The van der Waals surface area contributed by atoms with Gasteiger partial charge in [0.2, 0.25) is 5.91 Å². The second kappa shape index (κ2) is 8.67. The first-order valence-corrected chi connectivity index (χ1v) is 8.31. The van der Waals surface area contributed by atoms with E-state index < -0.39 is 18.1 Å². The minimum atomic E-state index is -1.08. The quantitative estimate of drug-likeness (QED) is 0.790. The maximum atomic E-state index is 12.3. The van der Waals surface area contributed by atoms with Crippen molar-refractivity contribution in [1.82, 2.24) is 5.32 Å². The van der Waals surface area contributed by atoms with Crippen LogP contribution in [0, 0.1) is 0 Å². The van der Waals surface area contributed by atoms with Crippen molar-refractivity contribution in [3.05, 3.63) is 35.9 Å². The van der Waals surface area contributed by atoms with Crippen LogP contribution in [0.15, 0.2) is 30.3 Å². The number of nitrogens with one attached hydrogen (secondary N) is 1. The highest BCUT2D eigenvalue weighted by atomic mass is 16.5. The molecule has 1 aliphatic rings. The molecule has 126 valence electrons. The first-order valence-electron chi connectivity index (χ1n) is 8.31. The summed E-state index contributed by atoms with van der Waals surface area (Å²) in [6.07, 6.45) is 6.08. The SMILES string of the molecule is CC(OC1CCCCCC1)C(=O)N[C@H](C(=O)O)c1ccccc1. The van der Waals surface area contributed by atoms with E-state index in [2.05, 4.69) is 5.32 Å². The summed E-state index contributed by atoms with van der Waals surface area (Å²) in [5.74, 6) is -1.46. The third-order valence-electron chi connectivity index (χ3n) is 4.23. The van der Waals surface area contributed by atoms with Crippen LogP contribution in [0.3, 0.4) is 0 Å². The Morgan fingerprint density at radius 2 is 1.74 bits per heavy atom. The molecule has 5 nitrogen and oxygen atoms in total. The number of aliphatic carboxylic acids is 1. The lowest BCUT2D eigenvalue weighted by Gasteiger charge is -2.22. The lowest BCUT2D eigenvalue weighted by molar-refractivity contribution is -0.145. The zero-order chi connectivity index (χ0) is 16.7. The molecule has 1 aromatic rings. The molecule has 1 amide bonds. The molecule has 0 spiro atoms. The Kier molecular flexibility index (Phi) is 6.59. The lowest BCUT2D eigenvalue weighted by Crippen LogP contribution is -2.41. The first-order chi connectivity index (χ1) is 11.1. The van der Waals surface area contributed by atoms with E-state index >= 15 is 0 Å². The molecule has 2 N–H and O–H groups in total. The van der Waals surface area contributed by atoms with E-state index in [1.54, 1.807) is 31.2 Å². The van der Waals surface area contributed by atoms with E-state index in [1.165, 1.54) is 12.8 Å². The second-order valence-electron chi connectivity index (χ2n) is 6.08. The molecule has 1 aromatic carbocycles. The number of rotatable bonds is 6. The van der Waals surface area contributed by atoms with Crippen molar-refractivity contribution >= 4 is 11.9 Å². The molecule has 1 aliphatic carbocycles. The lowest BCUT2D eigenvalue weighted by atomic mass is 10.1. The van der Waals surface area contributed by atoms with Gasteiger partial charge < -0.3 is 15.2 Å². The molecule has 0 radical (unpaired) electrons. The van der Waals surface area contributed by atoms with Crippen LogP contribution in [0.25, 0.3) is 0 Å². The Morgan fingerprint density at radius 3 is 2.30 bits per heavy atom. The van der Waals surface area contributed by atoms with Crippen LogP contribution < -0.4 is 5.32 Å². The van der Waals surface area contributed by atoms with Gasteiger partial charge in [-0.3, -0.25) is 4.79 Å². The Balaban J connectivity index is 1.94. The summed E-state index contributed by atoms with van der Waals surface area (Å²) >= 11 is 0. The zero-order valence-corrected chi connectivity index (χ0v) is 13.5. The van der Waals surface area contributed by atoms with Crippen LogP contribution in [0.1, 0.15) is 57.1 Å². The molecule has 1 saturated carbocycles. The summed E-state index contributed by atoms with van der Waals surface area (Å²) in [6.45, 7) is 1.68. The smallest absolute Gasteiger partial charge is 0.330 e. The minimum absolute atomic E-state index is 0.0956. The van der Waals surface area contributed by atoms with Crippen LogP contribution in [-0.2, 0) is 14.3 Å². The summed E-state index contributed by atoms with van der Waals surface area (Å²) in [4.78, 5) is 23.7. The van der Waals surface area contributed by atoms with Gasteiger partial charge in [-0.05, 0) is 25.3 Å². The van der Waals surface area contributed by atoms with Gasteiger partial charge in [-0.15, -0.1) is 0 Å². The fraction of sp³-hybridized carbons (Fsp3) is 0.556. The molecule has 1 unspecified atom stereocenters. The van der Waals surface area contributed by atoms with Crippen molar-refractivity contribution in [3.63, 3.8) is 0 Å². The molecule has 0 aromatic heterocycles. The van der Waals surface area contributed by atoms with Crippen LogP contribution >= 0.6 is 0 Å². The second-order valence-corrected chi connectivity index (χ2v) is 6.08. The van der Waals surface area contributed by atoms with Crippen LogP contribution in [-0.4, -0.2) is 29.2 Å². The van der Waals surface area contributed by atoms with Gasteiger partial charge in [0.1, 0.15) is 6.10 Å². The van der Waals surface area contributed by atoms with Gasteiger partial charge in [0, 0.05) is 0 Å². The van der Waals surface area contributed by atoms with Crippen molar-refractivity contribution in [2.45, 2.75) is 63.7 Å². The summed E-state index contributed by atoms with van der Waals surface area (Å²) in [6, 6.07) is 7.64. The number of carbonyl (C=O) groups excluding carboxylic acids is 1. The van der Waals surface area contributed by atoms with Gasteiger partial charge in [-0.2, -0.15) is 0 Å². The van der Waals surface area contributed by atoms with E-state index in [1.807, 2.05) is 6.07 Å². The standard InChI is InChI=1S/C18H25NO4/c1-13(23-15-11-7-2-3-8-12-15)17(20)19-16(18(21)22)14-9-5-4-6-10-14/h4-6,9-10,13,15-16H,2-3,7-8,11-12H2,1H3,(H,19,20)(H,21,22)/t13?,16-/m0/s1. The van der Waals surface area contributed by atoms with Crippen LogP contribution in [0.2, 0.25) is 0 Å². The molecule has 2 rings (SSSR count). The molecule has 2 atom stereocenters. The van der Waals surface area contributed by atoms with Gasteiger partial charge >= 0.3 is 5.97 Å². The van der Waals surface area contributed by atoms with Gasteiger partial charge in [0.15, 0.2) is 6.04 Å². The highest BCUT2D eigenvalue weighted by molar-refractivity contribution is 5.86. The minimum Gasteiger partial charge on any atom is -0.479 e. The fourth-order valence-corrected chi connectivity index (χ4v) is 2.92. The van der Waals surface area contributed by atoms with E-state index in [0.717, 1.165) is 25.7 Å². The van der Waals surface area contributed by atoms with Crippen molar-refractivity contribution in [1.29, 1.82) is 0 Å². The Morgan fingerprint density at radius 1 is 1.13 bits per heavy atom. The number of hydrogen-bond acceptors (Lipinski definition) is 3. The van der Waals surface area contributed by atoms with E-state index in [4.69, 9.17) is 4.74 Å². The number of carboxylic acid groups (broad SMARTS) is 1. The zero-order valence-electron chi connectivity index (χ0n) is 13.5. The van der Waals surface area contributed by atoms with Crippen LogP contribution in [0.4, 0.5) is 0 Å². The maximum Gasteiger partial charge on any atom is 0.330 e. The van der Waals surface area contributed by atoms with E-state index in [9.17, 15) is 14.7 Å². The predicted octanol–water partition coefficient (Wildman–Crippen LogP) is 3.06. The van der Waals surface area contributed by atoms with Crippen molar-refractivity contribution in [3.8, 4) is 0 Å². The number of carboxylic acids is 1. The Labute approximate surface area is 137 Å². The summed E-state index contributed by atoms with van der Waals surface area (Å²) in [5.41, 5.74) is 0.551. The topological polar surface area (TPSA) is 75.6 Å². The number of hydrogen-bond donors (Lipinski definition) is 2. The monoisotopic (exact) mass is 319 g/mol. The van der Waals surface area contributed by atoms with Gasteiger partial charge in [0.25, 0.3) is 0 Å². The molecular formula is C18H25NO4. The van der Waals surface area contributed by atoms with Crippen LogP contribution in [0.5, 0.6) is 0 Å². The maximum absolute atomic E-state index is 12.3. The third-order valence-corrected chi connectivity index (χ3v) is 4.23. The van der Waals surface area contributed by atoms with E-state index in [-0.39, 0.29) is 12.0 Å².